The Bertz CT molecular complexity index is 968. The lowest BCUT2D eigenvalue weighted by Gasteiger charge is -2.20. The molecule has 2 aromatic heterocycles. The Morgan fingerprint density at radius 2 is 2.04 bits per heavy atom. The molecule has 0 unspecified atom stereocenters. The van der Waals surface area contributed by atoms with Crippen molar-refractivity contribution in [3.63, 3.8) is 0 Å². The average Bonchev–Trinajstić information content (AvgIpc) is 3.30. The molecule has 0 saturated heterocycles. The van der Waals surface area contributed by atoms with Crippen molar-refractivity contribution in [2.75, 3.05) is 13.1 Å². The minimum absolute atomic E-state index is 0.751. The van der Waals surface area contributed by atoms with Gasteiger partial charge in [-0.15, -0.1) is 0 Å². The zero-order valence-corrected chi connectivity index (χ0v) is 17.4. The van der Waals surface area contributed by atoms with Crippen LogP contribution in [0.25, 0.3) is 17.0 Å². The fourth-order valence-electron chi connectivity index (χ4n) is 3.96. The highest BCUT2D eigenvalue weighted by molar-refractivity contribution is 6.30. The van der Waals surface area contributed by atoms with Gasteiger partial charge in [-0.2, -0.15) is 9.61 Å². The Morgan fingerprint density at radius 1 is 1.26 bits per heavy atom. The number of aryl methyl sites for hydroxylation is 3. The highest BCUT2D eigenvalue weighted by Gasteiger charge is 2.26. The third-order valence-corrected chi connectivity index (χ3v) is 5.75. The van der Waals surface area contributed by atoms with Crippen LogP contribution in [0.3, 0.4) is 0 Å². The van der Waals surface area contributed by atoms with E-state index in [2.05, 4.69) is 31.7 Å². The van der Waals surface area contributed by atoms with E-state index in [4.69, 9.17) is 21.1 Å². The molecule has 0 radical (unpaired) electrons. The van der Waals surface area contributed by atoms with Gasteiger partial charge in [0.05, 0.1) is 11.3 Å². The largest absolute Gasteiger partial charge is 0.441 e. The topological polar surface area (TPSA) is 33.7 Å². The van der Waals surface area contributed by atoms with Crippen molar-refractivity contribution in [1.82, 2.24) is 14.5 Å². The average molecular weight is 386 g/mol. The Labute approximate surface area is 166 Å². The summed E-state index contributed by atoms with van der Waals surface area (Å²) in [7, 11) is 0. The Morgan fingerprint density at radius 3 is 2.70 bits per heavy atom. The quantitative estimate of drug-likeness (QED) is 0.515. The van der Waals surface area contributed by atoms with Crippen molar-refractivity contribution in [3.8, 4) is 11.3 Å². The molecule has 144 valence electrons. The first-order valence-electron chi connectivity index (χ1n) is 9.94. The van der Waals surface area contributed by atoms with E-state index in [-0.39, 0.29) is 0 Å². The summed E-state index contributed by atoms with van der Waals surface area (Å²) < 4.78 is 8.21. The maximum absolute atomic E-state index is 6.23. The molecule has 4 rings (SSSR count). The van der Waals surface area contributed by atoms with E-state index in [1.54, 1.807) is 0 Å². The second-order valence-electron chi connectivity index (χ2n) is 7.93. The second-order valence-corrected chi connectivity index (χ2v) is 8.36. The fraction of sp³-hybridized carbons (Fsp3) is 0.500. The standard InChI is InChI=1S/C22H28ClN3O/c1-5-10-25(12-17-6-7-17)13-20-15(3)24-26-21(16(4)27-22(20)26)19-9-8-18(23)11-14(19)2/h8-9,11,17H,5-7,10,12-13H2,1-4H3. The molecule has 0 aliphatic heterocycles. The first kappa shape index (κ1) is 18.6. The van der Waals surface area contributed by atoms with Gasteiger partial charge in [0.15, 0.2) is 0 Å². The Kier molecular flexibility index (Phi) is 5.04. The van der Waals surface area contributed by atoms with Crippen LogP contribution in [0.4, 0.5) is 0 Å². The maximum atomic E-state index is 6.23. The Hall–Kier alpha value is -1.78. The molecule has 0 N–H and O–H groups in total. The van der Waals surface area contributed by atoms with Crippen molar-refractivity contribution in [1.29, 1.82) is 0 Å². The van der Waals surface area contributed by atoms with Crippen LogP contribution >= 0.6 is 11.6 Å². The number of oxazole rings is 1. The molecule has 4 nitrogen and oxygen atoms in total. The van der Waals surface area contributed by atoms with Gasteiger partial charge in [0, 0.05) is 23.7 Å². The van der Waals surface area contributed by atoms with Gasteiger partial charge in [0.2, 0.25) is 5.71 Å². The van der Waals surface area contributed by atoms with Crippen LogP contribution in [-0.2, 0) is 6.54 Å². The van der Waals surface area contributed by atoms with E-state index >= 15 is 0 Å². The minimum Gasteiger partial charge on any atom is -0.441 e. The molecule has 0 amide bonds. The number of benzene rings is 1. The SMILES string of the molecule is CCCN(Cc1c(C)nn2c(-c3ccc(Cl)cc3C)c(C)oc12)CC1CC1. The van der Waals surface area contributed by atoms with E-state index in [0.717, 1.165) is 58.0 Å². The van der Waals surface area contributed by atoms with E-state index in [0.29, 0.717) is 0 Å². The van der Waals surface area contributed by atoms with Crippen LogP contribution in [0.15, 0.2) is 22.6 Å². The lowest BCUT2D eigenvalue weighted by molar-refractivity contribution is 0.254. The fourth-order valence-corrected chi connectivity index (χ4v) is 4.18. The van der Waals surface area contributed by atoms with Crippen LogP contribution in [0, 0.1) is 26.7 Å². The normalized spacial score (nSPS) is 14.6. The molecule has 0 atom stereocenters. The summed E-state index contributed by atoms with van der Waals surface area (Å²) in [4.78, 5) is 2.56. The third-order valence-electron chi connectivity index (χ3n) is 5.51. The van der Waals surface area contributed by atoms with Crippen LogP contribution in [0.2, 0.25) is 5.02 Å². The monoisotopic (exact) mass is 385 g/mol. The van der Waals surface area contributed by atoms with Crippen molar-refractivity contribution < 1.29 is 4.42 Å². The zero-order chi connectivity index (χ0) is 19.1. The number of fused-ring (bicyclic) bond motifs is 1. The molecular formula is C22H28ClN3O. The van der Waals surface area contributed by atoms with Gasteiger partial charge in [-0.05, 0) is 70.2 Å². The molecule has 0 spiro atoms. The predicted molar refractivity (Wildman–Crippen MR) is 110 cm³/mol. The van der Waals surface area contributed by atoms with Crippen molar-refractivity contribution in [2.24, 2.45) is 5.92 Å². The van der Waals surface area contributed by atoms with Crippen LogP contribution in [0.5, 0.6) is 0 Å². The van der Waals surface area contributed by atoms with Gasteiger partial charge < -0.3 is 4.42 Å². The first-order valence-corrected chi connectivity index (χ1v) is 10.3. The van der Waals surface area contributed by atoms with E-state index in [9.17, 15) is 0 Å². The second kappa shape index (κ2) is 7.33. The summed E-state index contributed by atoms with van der Waals surface area (Å²) >= 11 is 6.15. The number of aromatic nitrogens is 2. The summed E-state index contributed by atoms with van der Waals surface area (Å²) in [5.74, 6) is 1.78. The summed E-state index contributed by atoms with van der Waals surface area (Å²) in [6.07, 6.45) is 3.92. The number of nitrogens with zero attached hydrogens (tertiary/aromatic N) is 3. The van der Waals surface area contributed by atoms with Gasteiger partial charge in [-0.3, -0.25) is 4.90 Å². The molecule has 27 heavy (non-hydrogen) atoms. The molecule has 5 heteroatoms. The molecule has 1 saturated carbocycles. The predicted octanol–water partition coefficient (Wildman–Crippen LogP) is 5.79. The van der Waals surface area contributed by atoms with E-state index in [1.165, 1.54) is 31.4 Å². The molecule has 1 fully saturated rings. The highest BCUT2D eigenvalue weighted by atomic mass is 35.5. The van der Waals surface area contributed by atoms with Crippen LogP contribution in [0.1, 0.15) is 48.8 Å². The van der Waals surface area contributed by atoms with Gasteiger partial charge in [-0.25, -0.2) is 0 Å². The zero-order valence-electron chi connectivity index (χ0n) is 16.7. The number of hydrogen-bond acceptors (Lipinski definition) is 3. The van der Waals surface area contributed by atoms with Crippen molar-refractivity contribution in [3.05, 3.63) is 45.8 Å². The summed E-state index contributed by atoms with van der Waals surface area (Å²) in [6, 6.07) is 5.98. The molecular weight excluding hydrogens is 358 g/mol. The molecule has 1 aromatic carbocycles. The van der Waals surface area contributed by atoms with Crippen molar-refractivity contribution in [2.45, 2.75) is 53.5 Å². The molecule has 3 aromatic rings. The van der Waals surface area contributed by atoms with E-state index < -0.39 is 0 Å². The van der Waals surface area contributed by atoms with Gasteiger partial charge >= 0.3 is 0 Å². The highest BCUT2D eigenvalue weighted by Crippen LogP contribution is 2.34. The number of rotatable bonds is 7. The summed E-state index contributed by atoms with van der Waals surface area (Å²) in [6.45, 7) is 11.7. The lowest BCUT2D eigenvalue weighted by atomic mass is 10.1. The van der Waals surface area contributed by atoms with E-state index in [1.807, 2.05) is 23.6 Å². The summed E-state index contributed by atoms with van der Waals surface area (Å²) in [5, 5.41) is 5.60. The third kappa shape index (κ3) is 3.65. The van der Waals surface area contributed by atoms with Gasteiger partial charge in [0.25, 0.3) is 0 Å². The Balaban J connectivity index is 1.74. The first-order chi connectivity index (χ1) is 13.0. The van der Waals surface area contributed by atoms with Crippen LogP contribution < -0.4 is 0 Å². The maximum Gasteiger partial charge on any atom is 0.227 e. The summed E-state index contributed by atoms with van der Waals surface area (Å²) in [5.41, 5.74) is 6.42. The minimum atomic E-state index is 0.751. The molecule has 2 heterocycles. The number of halogens is 1. The molecule has 1 aliphatic carbocycles. The smallest absolute Gasteiger partial charge is 0.227 e. The van der Waals surface area contributed by atoms with Gasteiger partial charge in [0.1, 0.15) is 11.5 Å². The van der Waals surface area contributed by atoms with Crippen LogP contribution in [-0.4, -0.2) is 27.6 Å². The molecule has 0 bridgehead atoms. The van der Waals surface area contributed by atoms with Gasteiger partial charge in [-0.1, -0.05) is 24.6 Å². The lowest BCUT2D eigenvalue weighted by Crippen LogP contribution is -2.26. The van der Waals surface area contributed by atoms with Crippen molar-refractivity contribution >= 4 is 17.3 Å². The molecule has 1 aliphatic rings. The number of hydrogen-bond donors (Lipinski definition) is 0.